The minimum absolute atomic E-state index is 0.105. The van der Waals surface area contributed by atoms with Crippen molar-refractivity contribution in [2.45, 2.75) is 17.6 Å². The molecule has 128 valence electrons. The number of carboxylic acid groups (broad SMARTS) is 1. The predicted molar refractivity (Wildman–Crippen MR) is 80.7 cm³/mol. The first-order chi connectivity index (χ1) is 10.8. The van der Waals surface area contributed by atoms with Gasteiger partial charge in [0.2, 0.25) is 0 Å². The lowest BCUT2D eigenvalue weighted by molar-refractivity contribution is -0.188. The quantitative estimate of drug-likeness (QED) is 0.828. The Kier molecular flexibility index (Phi) is 5.46. The highest BCUT2D eigenvalue weighted by Gasteiger charge is 2.52. The molecule has 0 radical (unpaired) electrons. The van der Waals surface area contributed by atoms with E-state index in [-0.39, 0.29) is 19.6 Å². The Balaban J connectivity index is 2.14. The fourth-order valence-electron chi connectivity index (χ4n) is 2.83. The van der Waals surface area contributed by atoms with Gasteiger partial charge in [0.25, 0.3) is 0 Å². The molecule has 1 N–H and O–H groups in total. The van der Waals surface area contributed by atoms with Crippen LogP contribution >= 0.6 is 11.8 Å². The molecule has 1 aliphatic rings. The number of carbonyl (C=O) groups is 1. The minimum atomic E-state index is -4.50. The standard InChI is InChI=1S/C15H18F3NO3S/c1-22-12-5-9(3-4-13(12)23-2)6-19-7-10(14(20)21)11(8-19)15(16,17)18/h3-5,10-11H,6-8H2,1-2H3,(H,20,21)/t10-,11-/m1/s1. The number of carboxylic acids is 1. The van der Waals surface area contributed by atoms with Crippen LogP contribution in [-0.4, -0.2) is 48.6 Å². The molecule has 23 heavy (non-hydrogen) atoms. The Morgan fingerprint density at radius 1 is 1.43 bits per heavy atom. The van der Waals surface area contributed by atoms with Crippen molar-refractivity contribution in [1.82, 2.24) is 4.90 Å². The highest BCUT2D eigenvalue weighted by atomic mass is 32.2. The fourth-order valence-corrected chi connectivity index (χ4v) is 3.38. The average Bonchev–Trinajstić information content (AvgIpc) is 2.91. The van der Waals surface area contributed by atoms with Crippen molar-refractivity contribution in [1.29, 1.82) is 0 Å². The third-order valence-electron chi connectivity index (χ3n) is 3.99. The van der Waals surface area contributed by atoms with Gasteiger partial charge >= 0.3 is 12.1 Å². The zero-order valence-electron chi connectivity index (χ0n) is 12.8. The van der Waals surface area contributed by atoms with E-state index in [4.69, 9.17) is 9.84 Å². The Morgan fingerprint density at radius 3 is 2.61 bits per heavy atom. The van der Waals surface area contributed by atoms with Crippen LogP contribution in [0.25, 0.3) is 0 Å². The maximum Gasteiger partial charge on any atom is 0.393 e. The van der Waals surface area contributed by atoms with Crippen molar-refractivity contribution in [2.24, 2.45) is 11.8 Å². The Bertz CT molecular complexity index is 580. The summed E-state index contributed by atoms with van der Waals surface area (Å²) in [4.78, 5) is 13.6. The lowest BCUT2D eigenvalue weighted by Gasteiger charge is -2.18. The number of hydrogen-bond acceptors (Lipinski definition) is 4. The van der Waals surface area contributed by atoms with E-state index in [1.54, 1.807) is 6.07 Å². The third-order valence-corrected chi connectivity index (χ3v) is 4.76. The highest BCUT2D eigenvalue weighted by molar-refractivity contribution is 7.98. The Labute approximate surface area is 136 Å². The molecule has 0 aliphatic carbocycles. The second kappa shape index (κ2) is 7.00. The number of aliphatic carboxylic acids is 1. The van der Waals surface area contributed by atoms with Crippen molar-refractivity contribution in [3.8, 4) is 5.75 Å². The molecule has 2 atom stereocenters. The van der Waals surface area contributed by atoms with Gasteiger partial charge in [0.15, 0.2) is 0 Å². The molecule has 1 aromatic rings. The molecule has 0 bridgehead atoms. The summed E-state index contributed by atoms with van der Waals surface area (Å²) in [7, 11) is 1.54. The van der Waals surface area contributed by atoms with Crippen LogP contribution in [0.4, 0.5) is 13.2 Å². The van der Waals surface area contributed by atoms with Crippen molar-refractivity contribution < 1.29 is 27.8 Å². The van der Waals surface area contributed by atoms with Gasteiger partial charge in [-0.25, -0.2) is 0 Å². The lowest BCUT2D eigenvalue weighted by Crippen LogP contribution is -2.33. The first-order valence-corrected chi connectivity index (χ1v) is 8.21. The largest absolute Gasteiger partial charge is 0.496 e. The van der Waals surface area contributed by atoms with Gasteiger partial charge in [-0.2, -0.15) is 13.2 Å². The molecule has 0 aromatic heterocycles. The minimum Gasteiger partial charge on any atom is -0.496 e. The third kappa shape index (κ3) is 4.11. The number of ether oxygens (including phenoxy) is 1. The van der Waals surface area contributed by atoms with Crippen molar-refractivity contribution >= 4 is 17.7 Å². The molecule has 1 aromatic carbocycles. The van der Waals surface area contributed by atoms with E-state index in [1.165, 1.54) is 23.8 Å². The zero-order chi connectivity index (χ0) is 17.2. The molecule has 0 spiro atoms. The number of nitrogens with zero attached hydrogens (tertiary/aromatic N) is 1. The number of hydrogen-bond donors (Lipinski definition) is 1. The van der Waals surface area contributed by atoms with Gasteiger partial charge < -0.3 is 9.84 Å². The molecule has 8 heteroatoms. The molecule has 1 fully saturated rings. The summed E-state index contributed by atoms with van der Waals surface area (Å²) in [5, 5.41) is 9.03. The smallest absolute Gasteiger partial charge is 0.393 e. The van der Waals surface area contributed by atoms with Gasteiger partial charge in [0, 0.05) is 24.5 Å². The summed E-state index contributed by atoms with van der Waals surface area (Å²) in [6.45, 7) is -0.138. The maximum absolute atomic E-state index is 13.0. The first-order valence-electron chi connectivity index (χ1n) is 6.99. The molecule has 2 rings (SSSR count). The number of benzene rings is 1. The second-order valence-electron chi connectivity index (χ2n) is 5.48. The van der Waals surface area contributed by atoms with E-state index in [9.17, 15) is 18.0 Å². The summed E-state index contributed by atoms with van der Waals surface area (Å²) in [6.07, 6.45) is -2.60. The van der Waals surface area contributed by atoms with Crippen LogP contribution in [0.15, 0.2) is 23.1 Å². The van der Waals surface area contributed by atoms with Gasteiger partial charge in [0.1, 0.15) is 5.75 Å². The monoisotopic (exact) mass is 349 g/mol. The van der Waals surface area contributed by atoms with E-state index >= 15 is 0 Å². The van der Waals surface area contributed by atoms with Gasteiger partial charge in [-0.05, 0) is 24.0 Å². The SMILES string of the molecule is COc1cc(CN2C[C@@H](C(F)(F)F)[C@H](C(=O)O)C2)ccc1SC. The van der Waals surface area contributed by atoms with Gasteiger partial charge in [0.05, 0.1) is 18.9 Å². The number of halogens is 3. The van der Waals surface area contributed by atoms with Crippen LogP contribution in [0.2, 0.25) is 0 Å². The second-order valence-corrected chi connectivity index (χ2v) is 6.32. The number of rotatable bonds is 5. The van der Waals surface area contributed by atoms with E-state index in [0.29, 0.717) is 5.75 Å². The number of methoxy groups -OCH3 is 1. The molecule has 0 amide bonds. The van der Waals surface area contributed by atoms with Gasteiger partial charge in [-0.1, -0.05) is 6.07 Å². The highest BCUT2D eigenvalue weighted by Crippen LogP contribution is 2.38. The van der Waals surface area contributed by atoms with Crippen LogP contribution in [0, 0.1) is 11.8 Å². The van der Waals surface area contributed by atoms with E-state index in [1.807, 2.05) is 18.4 Å². The molecule has 1 saturated heterocycles. The average molecular weight is 349 g/mol. The summed E-state index contributed by atoms with van der Waals surface area (Å²) in [5.74, 6) is -3.98. The molecular weight excluding hydrogens is 331 g/mol. The van der Waals surface area contributed by atoms with Crippen LogP contribution in [-0.2, 0) is 11.3 Å². The molecular formula is C15H18F3NO3S. The Morgan fingerprint density at radius 2 is 2.13 bits per heavy atom. The maximum atomic E-state index is 13.0. The van der Waals surface area contributed by atoms with Crippen LogP contribution in [0.3, 0.4) is 0 Å². The topological polar surface area (TPSA) is 49.8 Å². The summed E-state index contributed by atoms with van der Waals surface area (Å²) < 4.78 is 44.2. The summed E-state index contributed by atoms with van der Waals surface area (Å²) >= 11 is 1.51. The van der Waals surface area contributed by atoms with Crippen molar-refractivity contribution in [3.63, 3.8) is 0 Å². The van der Waals surface area contributed by atoms with Crippen LogP contribution < -0.4 is 4.74 Å². The lowest BCUT2D eigenvalue weighted by atomic mass is 9.96. The van der Waals surface area contributed by atoms with Gasteiger partial charge in [-0.3, -0.25) is 9.69 Å². The van der Waals surface area contributed by atoms with Crippen LogP contribution in [0.1, 0.15) is 5.56 Å². The van der Waals surface area contributed by atoms with E-state index in [2.05, 4.69) is 0 Å². The number of alkyl halides is 3. The molecule has 1 heterocycles. The summed E-state index contributed by atoms with van der Waals surface area (Å²) in [6, 6.07) is 5.46. The zero-order valence-corrected chi connectivity index (χ0v) is 13.6. The number of likely N-dealkylation sites (tertiary alicyclic amines) is 1. The van der Waals surface area contributed by atoms with Crippen molar-refractivity contribution in [3.05, 3.63) is 23.8 Å². The Hall–Kier alpha value is -1.41. The van der Waals surface area contributed by atoms with E-state index < -0.39 is 24.0 Å². The molecule has 1 aliphatic heterocycles. The first kappa shape index (κ1) is 17.9. The number of thioether (sulfide) groups is 1. The molecule has 0 saturated carbocycles. The van der Waals surface area contributed by atoms with Crippen LogP contribution in [0.5, 0.6) is 5.75 Å². The predicted octanol–water partition coefficient (Wildman–Crippen LogP) is 3.11. The van der Waals surface area contributed by atoms with Crippen molar-refractivity contribution in [2.75, 3.05) is 26.5 Å². The summed E-state index contributed by atoms with van der Waals surface area (Å²) in [5.41, 5.74) is 0.798. The van der Waals surface area contributed by atoms with Gasteiger partial charge in [-0.15, -0.1) is 11.8 Å². The normalized spacial score (nSPS) is 22.3. The fraction of sp³-hybridized carbons (Fsp3) is 0.533. The molecule has 4 nitrogen and oxygen atoms in total. The molecule has 0 unspecified atom stereocenters. The van der Waals surface area contributed by atoms with E-state index in [0.717, 1.165) is 10.5 Å².